The van der Waals surface area contributed by atoms with Crippen molar-refractivity contribution in [2.24, 2.45) is 0 Å². The smallest absolute Gasteiger partial charge is 0.264 e. The Kier molecular flexibility index (Phi) is 6.34. The van der Waals surface area contributed by atoms with Gasteiger partial charge in [0.05, 0.1) is 10.0 Å². The van der Waals surface area contributed by atoms with E-state index >= 15 is 0 Å². The zero-order valence-corrected chi connectivity index (χ0v) is 15.7. The summed E-state index contributed by atoms with van der Waals surface area (Å²) in [7, 11) is 0. The maximum absolute atomic E-state index is 12.2. The second kappa shape index (κ2) is 8.70. The normalized spacial score (nSPS) is 15.7. The van der Waals surface area contributed by atoms with Crippen molar-refractivity contribution >= 4 is 40.9 Å². The molecule has 0 saturated carbocycles. The van der Waals surface area contributed by atoms with Crippen molar-refractivity contribution < 1.29 is 14.3 Å². The molecule has 0 fully saturated rings. The zero-order valence-electron chi connectivity index (χ0n) is 13.3. The molecule has 0 aromatic heterocycles. The van der Waals surface area contributed by atoms with Crippen LogP contribution in [0, 0.1) is 0 Å². The van der Waals surface area contributed by atoms with Gasteiger partial charge >= 0.3 is 0 Å². The summed E-state index contributed by atoms with van der Waals surface area (Å²) in [4.78, 5) is 12.2. The number of carbonyl (C=O) groups excluding carboxylic acids is 1. The number of hydrogen-bond acceptors (Lipinski definition) is 4. The Morgan fingerprint density at radius 3 is 2.76 bits per heavy atom. The highest BCUT2D eigenvalue weighted by molar-refractivity contribution is 7.98. The number of benzene rings is 2. The van der Waals surface area contributed by atoms with E-state index in [0.29, 0.717) is 28.1 Å². The molecule has 1 heterocycles. The van der Waals surface area contributed by atoms with Crippen molar-refractivity contribution in [3.63, 3.8) is 0 Å². The molecular weight excluding hydrogens is 381 g/mol. The Morgan fingerprint density at radius 2 is 1.96 bits per heavy atom. The Bertz CT molecular complexity index is 757. The third-order valence-corrected chi connectivity index (χ3v) is 5.37. The van der Waals surface area contributed by atoms with E-state index in [1.54, 1.807) is 23.9 Å². The van der Waals surface area contributed by atoms with Crippen LogP contribution in [0.4, 0.5) is 0 Å². The standard InChI is InChI=1S/C18H17Cl2NO3S/c19-13-6-5-12(9-14(13)20)11-25-8-7-21-18(22)17-10-23-15-3-1-2-4-16(15)24-17/h1-6,9,17H,7-8,10-11H2,(H,21,22). The lowest BCUT2D eigenvalue weighted by molar-refractivity contribution is -0.130. The molecule has 25 heavy (non-hydrogen) atoms. The summed E-state index contributed by atoms with van der Waals surface area (Å²) < 4.78 is 11.2. The fourth-order valence-electron chi connectivity index (χ4n) is 2.33. The SMILES string of the molecule is O=C(NCCSCc1ccc(Cl)c(Cl)c1)C1COc2ccccc2O1. The first-order chi connectivity index (χ1) is 12.1. The summed E-state index contributed by atoms with van der Waals surface area (Å²) in [5, 5.41) is 3.99. The number of hydrogen-bond donors (Lipinski definition) is 1. The maximum Gasteiger partial charge on any atom is 0.264 e. The van der Waals surface area contributed by atoms with Crippen LogP contribution >= 0.6 is 35.0 Å². The molecule has 7 heteroatoms. The molecule has 1 aliphatic rings. The molecule has 2 aromatic rings. The van der Waals surface area contributed by atoms with Gasteiger partial charge in [-0.25, -0.2) is 0 Å². The van der Waals surface area contributed by atoms with Crippen LogP contribution in [0.25, 0.3) is 0 Å². The predicted molar refractivity (Wildman–Crippen MR) is 102 cm³/mol. The minimum Gasteiger partial charge on any atom is -0.485 e. The largest absolute Gasteiger partial charge is 0.485 e. The minimum absolute atomic E-state index is 0.162. The molecular formula is C18H17Cl2NO3S. The van der Waals surface area contributed by atoms with Crippen LogP contribution in [0.2, 0.25) is 10.0 Å². The van der Waals surface area contributed by atoms with Gasteiger partial charge < -0.3 is 14.8 Å². The van der Waals surface area contributed by atoms with Crippen molar-refractivity contribution in [1.82, 2.24) is 5.32 Å². The monoisotopic (exact) mass is 397 g/mol. The fraction of sp³-hybridized carbons (Fsp3) is 0.278. The molecule has 132 valence electrons. The van der Waals surface area contributed by atoms with E-state index in [-0.39, 0.29) is 12.5 Å². The molecule has 0 saturated heterocycles. The molecule has 4 nitrogen and oxygen atoms in total. The van der Waals surface area contributed by atoms with Crippen molar-refractivity contribution in [2.75, 3.05) is 18.9 Å². The Morgan fingerprint density at radius 1 is 1.16 bits per heavy atom. The average molecular weight is 398 g/mol. The van der Waals surface area contributed by atoms with Crippen LogP contribution in [0.1, 0.15) is 5.56 Å². The highest BCUT2D eigenvalue weighted by Crippen LogP contribution is 2.30. The summed E-state index contributed by atoms with van der Waals surface area (Å²) >= 11 is 13.6. The molecule has 1 unspecified atom stereocenters. The third kappa shape index (κ3) is 4.97. The molecule has 0 radical (unpaired) electrons. The predicted octanol–water partition coefficient (Wildman–Crippen LogP) is 4.18. The lowest BCUT2D eigenvalue weighted by atomic mass is 10.2. The molecule has 1 atom stereocenters. The first-order valence-corrected chi connectivity index (χ1v) is 9.72. The summed E-state index contributed by atoms with van der Waals surface area (Å²) in [6.45, 7) is 0.783. The molecule has 0 spiro atoms. The van der Waals surface area contributed by atoms with Crippen LogP contribution in [-0.2, 0) is 10.5 Å². The van der Waals surface area contributed by atoms with Gasteiger partial charge in [-0.2, -0.15) is 11.8 Å². The fourth-order valence-corrected chi connectivity index (χ4v) is 3.46. The number of fused-ring (bicyclic) bond motifs is 1. The number of halogens is 2. The van der Waals surface area contributed by atoms with E-state index in [4.69, 9.17) is 32.7 Å². The van der Waals surface area contributed by atoms with Gasteiger partial charge in [0.1, 0.15) is 6.61 Å². The van der Waals surface area contributed by atoms with E-state index in [1.165, 1.54) is 0 Å². The number of para-hydroxylation sites is 2. The molecule has 1 amide bonds. The van der Waals surface area contributed by atoms with Gasteiger partial charge in [-0.05, 0) is 29.8 Å². The van der Waals surface area contributed by atoms with Crippen molar-refractivity contribution in [2.45, 2.75) is 11.9 Å². The maximum atomic E-state index is 12.2. The second-order valence-corrected chi connectivity index (χ2v) is 7.38. The molecule has 3 rings (SSSR count). The number of amides is 1. The summed E-state index contributed by atoms with van der Waals surface area (Å²) in [6, 6.07) is 12.9. The second-order valence-electron chi connectivity index (χ2n) is 5.46. The molecule has 1 N–H and O–H groups in total. The summed E-state index contributed by atoms with van der Waals surface area (Å²) in [5.74, 6) is 2.70. The highest BCUT2D eigenvalue weighted by Gasteiger charge is 2.26. The lowest BCUT2D eigenvalue weighted by Crippen LogP contribution is -2.44. The topological polar surface area (TPSA) is 47.6 Å². The van der Waals surface area contributed by atoms with Gasteiger partial charge in [0.25, 0.3) is 5.91 Å². The van der Waals surface area contributed by atoms with E-state index in [1.807, 2.05) is 30.3 Å². The quantitative estimate of drug-likeness (QED) is 0.742. The molecule has 0 bridgehead atoms. The van der Waals surface area contributed by atoms with E-state index in [0.717, 1.165) is 17.1 Å². The van der Waals surface area contributed by atoms with Gasteiger partial charge in [0, 0.05) is 18.1 Å². The van der Waals surface area contributed by atoms with Crippen LogP contribution in [0.5, 0.6) is 11.5 Å². The van der Waals surface area contributed by atoms with Crippen molar-refractivity contribution in [3.8, 4) is 11.5 Å². The van der Waals surface area contributed by atoms with Crippen LogP contribution in [-0.4, -0.2) is 30.9 Å². The minimum atomic E-state index is -0.616. The summed E-state index contributed by atoms with van der Waals surface area (Å²) in [6.07, 6.45) is -0.616. The number of thioether (sulfide) groups is 1. The van der Waals surface area contributed by atoms with Crippen molar-refractivity contribution in [3.05, 3.63) is 58.1 Å². The zero-order chi connectivity index (χ0) is 17.6. The lowest BCUT2D eigenvalue weighted by Gasteiger charge is -2.25. The Balaban J connectivity index is 1.38. The number of nitrogens with one attached hydrogen (secondary N) is 1. The van der Waals surface area contributed by atoms with Crippen LogP contribution in [0.15, 0.2) is 42.5 Å². The average Bonchev–Trinajstić information content (AvgIpc) is 2.63. The summed E-state index contributed by atoms with van der Waals surface area (Å²) in [5.41, 5.74) is 1.10. The van der Waals surface area contributed by atoms with Crippen molar-refractivity contribution in [1.29, 1.82) is 0 Å². The molecule has 2 aromatic carbocycles. The van der Waals surface area contributed by atoms with E-state index in [9.17, 15) is 4.79 Å². The molecule has 0 aliphatic carbocycles. The first-order valence-electron chi connectivity index (χ1n) is 7.81. The van der Waals surface area contributed by atoms with E-state index in [2.05, 4.69) is 5.32 Å². The number of rotatable bonds is 6. The van der Waals surface area contributed by atoms with Gasteiger partial charge in [0.2, 0.25) is 6.10 Å². The Labute approximate surface area is 160 Å². The third-order valence-electron chi connectivity index (χ3n) is 3.60. The highest BCUT2D eigenvalue weighted by atomic mass is 35.5. The van der Waals surface area contributed by atoms with Crippen LogP contribution < -0.4 is 14.8 Å². The number of ether oxygens (including phenoxy) is 2. The first kappa shape index (κ1) is 18.2. The number of carbonyl (C=O) groups is 1. The van der Waals surface area contributed by atoms with Gasteiger partial charge in [0.15, 0.2) is 11.5 Å². The van der Waals surface area contributed by atoms with E-state index < -0.39 is 6.10 Å². The van der Waals surface area contributed by atoms with Gasteiger partial charge in [-0.1, -0.05) is 41.4 Å². The van der Waals surface area contributed by atoms with Gasteiger partial charge in [-0.15, -0.1) is 0 Å². The van der Waals surface area contributed by atoms with Gasteiger partial charge in [-0.3, -0.25) is 4.79 Å². The molecule has 1 aliphatic heterocycles. The van der Waals surface area contributed by atoms with Crippen LogP contribution in [0.3, 0.4) is 0 Å². The Hall–Kier alpha value is -1.56.